The van der Waals surface area contributed by atoms with Crippen LogP contribution in [0.2, 0.25) is 0 Å². The number of aryl methyl sites for hydroxylation is 2. The van der Waals surface area contributed by atoms with E-state index in [2.05, 4.69) is 13.0 Å². The molecule has 1 aromatic carbocycles. The van der Waals surface area contributed by atoms with Gasteiger partial charge in [-0.05, 0) is 32.4 Å². The van der Waals surface area contributed by atoms with E-state index in [1.165, 1.54) is 5.56 Å². The van der Waals surface area contributed by atoms with Gasteiger partial charge in [-0.3, -0.25) is 0 Å². The SMILES string of the molecule is CCOC(CN)COc1ccc(C)cc1C. The maximum absolute atomic E-state index is 5.69. The van der Waals surface area contributed by atoms with Crippen LogP contribution in [0, 0.1) is 13.8 Å². The quantitative estimate of drug-likeness (QED) is 0.802. The lowest BCUT2D eigenvalue weighted by atomic mass is 10.1. The summed E-state index contributed by atoms with van der Waals surface area (Å²) in [6, 6.07) is 6.14. The largest absolute Gasteiger partial charge is 0.491 e. The van der Waals surface area contributed by atoms with E-state index in [0.717, 1.165) is 11.3 Å². The third-order valence-corrected chi connectivity index (χ3v) is 2.42. The van der Waals surface area contributed by atoms with Crippen LogP contribution < -0.4 is 10.5 Å². The highest BCUT2D eigenvalue weighted by atomic mass is 16.5. The average Bonchev–Trinajstić information content (AvgIpc) is 2.26. The lowest BCUT2D eigenvalue weighted by Crippen LogP contribution is -2.30. The zero-order chi connectivity index (χ0) is 12.0. The molecule has 3 heteroatoms. The monoisotopic (exact) mass is 223 g/mol. The maximum Gasteiger partial charge on any atom is 0.122 e. The molecule has 0 aromatic heterocycles. The zero-order valence-corrected chi connectivity index (χ0v) is 10.3. The van der Waals surface area contributed by atoms with E-state index in [0.29, 0.717) is 19.8 Å². The molecule has 0 aliphatic rings. The number of hydrogen-bond acceptors (Lipinski definition) is 3. The summed E-state index contributed by atoms with van der Waals surface area (Å²) in [6.07, 6.45) is -0.0225. The second kappa shape index (κ2) is 6.51. The first-order valence-corrected chi connectivity index (χ1v) is 5.69. The summed E-state index contributed by atoms with van der Waals surface area (Å²) < 4.78 is 11.1. The Morgan fingerprint density at radius 3 is 2.62 bits per heavy atom. The Hall–Kier alpha value is -1.06. The van der Waals surface area contributed by atoms with Crippen LogP contribution in [-0.4, -0.2) is 25.9 Å². The summed E-state index contributed by atoms with van der Waals surface area (Å²) in [6.45, 7) is 7.73. The van der Waals surface area contributed by atoms with Gasteiger partial charge in [-0.2, -0.15) is 0 Å². The van der Waals surface area contributed by atoms with Crippen molar-refractivity contribution >= 4 is 0 Å². The molecule has 0 spiro atoms. The van der Waals surface area contributed by atoms with Crippen molar-refractivity contribution in [2.45, 2.75) is 26.9 Å². The van der Waals surface area contributed by atoms with Crippen molar-refractivity contribution in [2.75, 3.05) is 19.8 Å². The highest BCUT2D eigenvalue weighted by Crippen LogP contribution is 2.18. The van der Waals surface area contributed by atoms with Crippen LogP contribution in [0.5, 0.6) is 5.75 Å². The molecule has 0 saturated carbocycles. The molecular formula is C13H21NO2. The van der Waals surface area contributed by atoms with E-state index in [1.54, 1.807) is 0 Å². The van der Waals surface area contributed by atoms with E-state index in [-0.39, 0.29) is 6.10 Å². The molecule has 1 atom stereocenters. The number of benzene rings is 1. The summed E-state index contributed by atoms with van der Waals surface area (Å²) in [4.78, 5) is 0. The van der Waals surface area contributed by atoms with E-state index in [1.807, 2.05) is 26.0 Å². The molecule has 0 radical (unpaired) electrons. The molecule has 1 unspecified atom stereocenters. The Balaban J connectivity index is 2.53. The van der Waals surface area contributed by atoms with Gasteiger partial charge in [0.05, 0.1) is 0 Å². The van der Waals surface area contributed by atoms with Gasteiger partial charge in [-0.1, -0.05) is 17.7 Å². The topological polar surface area (TPSA) is 44.5 Å². The molecule has 0 aliphatic carbocycles. The number of ether oxygens (including phenoxy) is 2. The van der Waals surface area contributed by atoms with Crippen molar-refractivity contribution < 1.29 is 9.47 Å². The number of rotatable bonds is 6. The Kier molecular flexibility index (Phi) is 5.29. The van der Waals surface area contributed by atoms with Crippen LogP contribution in [-0.2, 0) is 4.74 Å². The van der Waals surface area contributed by atoms with Crippen molar-refractivity contribution in [3.8, 4) is 5.75 Å². The van der Waals surface area contributed by atoms with Gasteiger partial charge < -0.3 is 15.2 Å². The standard InChI is InChI=1S/C13H21NO2/c1-4-15-12(8-14)9-16-13-6-5-10(2)7-11(13)3/h5-7,12H,4,8-9,14H2,1-3H3. The molecule has 0 saturated heterocycles. The first-order chi connectivity index (χ1) is 7.67. The highest BCUT2D eigenvalue weighted by Gasteiger charge is 2.07. The van der Waals surface area contributed by atoms with Crippen LogP contribution in [0.1, 0.15) is 18.1 Å². The first kappa shape index (κ1) is 13.0. The first-order valence-electron chi connectivity index (χ1n) is 5.69. The minimum absolute atomic E-state index is 0.0225. The van der Waals surface area contributed by atoms with Crippen molar-refractivity contribution in [3.63, 3.8) is 0 Å². The van der Waals surface area contributed by atoms with Gasteiger partial charge in [0.25, 0.3) is 0 Å². The summed E-state index contributed by atoms with van der Waals surface area (Å²) >= 11 is 0. The molecule has 0 amide bonds. The van der Waals surface area contributed by atoms with E-state index < -0.39 is 0 Å². The van der Waals surface area contributed by atoms with Crippen molar-refractivity contribution in [1.82, 2.24) is 0 Å². The van der Waals surface area contributed by atoms with Gasteiger partial charge in [-0.15, -0.1) is 0 Å². The fourth-order valence-electron chi connectivity index (χ4n) is 1.56. The van der Waals surface area contributed by atoms with E-state index in [4.69, 9.17) is 15.2 Å². The molecule has 90 valence electrons. The third kappa shape index (κ3) is 3.83. The lowest BCUT2D eigenvalue weighted by Gasteiger charge is -2.16. The molecule has 0 fully saturated rings. The lowest BCUT2D eigenvalue weighted by molar-refractivity contribution is 0.0335. The zero-order valence-electron chi connectivity index (χ0n) is 10.3. The van der Waals surface area contributed by atoms with Gasteiger partial charge in [0.1, 0.15) is 18.5 Å². The summed E-state index contributed by atoms with van der Waals surface area (Å²) in [7, 11) is 0. The summed E-state index contributed by atoms with van der Waals surface area (Å²) in [5, 5.41) is 0. The summed E-state index contributed by atoms with van der Waals surface area (Å²) in [5.41, 5.74) is 7.97. The average molecular weight is 223 g/mol. The second-order valence-electron chi connectivity index (χ2n) is 3.89. The Morgan fingerprint density at radius 2 is 2.06 bits per heavy atom. The van der Waals surface area contributed by atoms with Gasteiger partial charge in [0.2, 0.25) is 0 Å². The fraction of sp³-hybridized carbons (Fsp3) is 0.538. The smallest absolute Gasteiger partial charge is 0.122 e. The van der Waals surface area contributed by atoms with E-state index in [9.17, 15) is 0 Å². The normalized spacial score (nSPS) is 12.5. The molecule has 1 rings (SSSR count). The van der Waals surface area contributed by atoms with Gasteiger partial charge in [-0.25, -0.2) is 0 Å². The molecule has 0 aliphatic heterocycles. The molecule has 0 heterocycles. The third-order valence-electron chi connectivity index (χ3n) is 2.42. The highest BCUT2D eigenvalue weighted by molar-refractivity contribution is 5.35. The predicted octanol–water partition coefficient (Wildman–Crippen LogP) is 2.05. The van der Waals surface area contributed by atoms with Crippen molar-refractivity contribution in [2.24, 2.45) is 5.73 Å². The van der Waals surface area contributed by atoms with E-state index >= 15 is 0 Å². The Morgan fingerprint density at radius 1 is 1.31 bits per heavy atom. The summed E-state index contributed by atoms with van der Waals surface area (Å²) in [5.74, 6) is 0.906. The number of nitrogens with two attached hydrogens (primary N) is 1. The Bertz CT molecular complexity index is 326. The van der Waals surface area contributed by atoms with Gasteiger partial charge in [0.15, 0.2) is 0 Å². The van der Waals surface area contributed by atoms with Crippen LogP contribution in [0.15, 0.2) is 18.2 Å². The molecule has 0 bridgehead atoms. The molecule has 3 nitrogen and oxygen atoms in total. The van der Waals surface area contributed by atoms with Gasteiger partial charge in [0, 0.05) is 13.2 Å². The second-order valence-corrected chi connectivity index (χ2v) is 3.89. The number of hydrogen-bond donors (Lipinski definition) is 1. The fourth-order valence-corrected chi connectivity index (χ4v) is 1.56. The molecular weight excluding hydrogens is 202 g/mol. The van der Waals surface area contributed by atoms with Crippen molar-refractivity contribution in [3.05, 3.63) is 29.3 Å². The molecule has 1 aromatic rings. The van der Waals surface area contributed by atoms with Crippen LogP contribution in [0.4, 0.5) is 0 Å². The van der Waals surface area contributed by atoms with Crippen molar-refractivity contribution in [1.29, 1.82) is 0 Å². The maximum atomic E-state index is 5.69. The minimum Gasteiger partial charge on any atom is -0.491 e. The Labute approximate surface area is 97.6 Å². The van der Waals surface area contributed by atoms with Crippen LogP contribution in [0.3, 0.4) is 0 Å². The minimum atomic E-state index is -0.0225. The van der Waals surface area contributed by atoms with Crippen LogP contribution >= 0.6 is 0 Å². The predicted molar refractivity (Wildman–Crippen MR) is 65.9 cm³/mol. The van der Waals surface area contributed by atoms with Crippen LogP contribution in [0.25, 0.3) is 0 Å². The van der Waals surface area contributed by atoms with Gasteiger partial charge >= 0.3 is 0 Å². The molecule has 2 N–H and O–H groups in total. The molecule has 16 heavy (non-hydrogen) atoms.